The van der Waals surface area contributed by atoms with Gasteiger partial charge < -0.3 is 14.8 Å². The predicted octanol–water partition coefficient (Wildman–Crippen LogP) is 4.46. The smallest absolute Gasteiger partial charge is 0.219 e. The summed E-state index contributed by atoms with van der Waals surface area (Å²) in [6, 6.07) is 8.80. The molecule has 0 aliphatic rings. The Bertz CT molecular complexity index is 745. The van der Waals surface area contributed by atoms with Gasteiger partial charge in [-0.15, -0.1) is 0 Å². The molecule has 2 rings (SSSR count). The first kappa shape index (κ1) is 18.8. The van der Waals surface area contributed by atoms with Crippen LogP contribution in [0.1, 0.15) is 26.3 Å². The first-order valence-corrected chi connectivity index (χ1v) is 8.36. The zero-order valence-electron chi connectivity index (χ0n) is 14.5. The maximum atomic E-state index is 11.0. The molecule has 0 unspecified atom stereocenters. The van der Waals surface area contributed by atoms with Crippen LogP contribution in [0, 0.1) is 0 Å². The summed E-state index contributed by atoms with van der Waals surface area (Å²) in [5.74, 6) is 1.60. The van der Waals surface area contributed by atoms with E-state index in [1.807, 2.05) is 32.1 Å². The Hall–Kier alpha value is -2.53. The number of amides is 1. The van der Waals surface area contributed by atoms with E-state index in [0.717, 1.165) is 5.56 Å². The van der Waals surface area contributed by atoms with Gasteiger partial charge in [-0.25, -0.2) is 4.98 Å². The second-order valence-electron chi connectivity index (χ2n) is 5.44. The van der Waals surface area contributed by atoms with E-state index in [1.54, 1.807) is 30.5 Å². The molecule has 5 nitrogen and oxygen atoms in total. The van der Waals surface area contributed by atoms with E-state index in [-0.39, 0.29) is 11.9 Å². The van der Waals surface area contributed by atoms with Gasteiger partial charge in [0.2, 0.25) is 11.8 Å². The number of pyridine rings is 1. The topological polar surface area (TPSA) is 60.5 Å². The van der Waals surface area contributed by atoms with Crippen molar-refractivity contribution in [2.45, 2.75) is 26.8 Å². The van der Waals surface area contributed by atoms with Crippen LogP contribution in [0.5, 0.6) is 17.4 Å². The molecule has 1 heterocycles. The molecule has 0 saturated carbocycles. The van der Waals surface area contributed by atoms with Crippen molar-refractivity contribution < 1.29 is 14.3 Å². The predicted molar refractivity (Wildman–Crippen MR) is 99.2 cm³/mol. The van der Waals surface area contributed by atoms with Crippen molar-refractivity contribution in [2.24, 2.45) is 0 Å². The largest absolute Gasteiger partial charge is 0.494 e. The standard InChI is InChI=1S/C19H21ClN2O3/c1-4-24-17-9-16(20)10-18(11-17)25-19-8-7-15(12-21-19)6-5-13(2)22-14(3)23/h5-13H,4H2,1-3H3,(H,22,23)/b6-5+/t13-/m0/s1. The fraction of sp³-hybridized carbons (Fsp3) is 0.263. The highest BCUT2D eigenvalue weighted by Gasteiger charge is 2.04. The molecule has 2 aromatic rings. The first-order valence-electron chi connectivity index (χ1n) is 7.99. The Morgan fingerprint density at radius 1 is 1.32 bits per heavy atom. The summed E-state index contributed by atoms with van der Waals surface area (Å²) in [6.07, 6.45) is 5.48. The highest BCUT2D eigenvalue weighted by atomic mass is 35.5. The van der Waals surface area contributed by atoms with Crippen molar-refractivity contribution in [3.05, 3.63) is 53.2 Å². The van der Waals surface area contributed by atoms with Crippen LogP contribution in [0.2, 0.25) is 5.02 Å². The number of halogens is 1. The molecule has 6 heteroatoms. The lowest BCUT2D eigenvalue weighted by Gasteiger charge is -2.09. The molecule has 1 aromatic heterocycles. The molecule has 0 bridgehead atoms. The number of hydrogen-bond acceptors (Lipinski definition) is 4. The number of ether oxygens (including phenoxy) is 2. The second-order valence-corrected chi connectivity index (χ2v) is 5.87. The van der Waals surface area contributed by atoms with E-state index >= 15 is 0 Å². The lowest BCUT2D eigenvalue weighted by Crippen LogP contribution is -2.28. The van der Waals surface area contributed by atoms with Crippen LogP contribution in [0.4, 0.5) is 0 Å². The van der Waals surface area contributed by atoms with Gasteiger partial charge in [0.25, 0.3) is 0 Å². The van der Waals surface area contributed by atoms with Crippen molar-refractivity contribution in [1.29, 1.82) is 0 Å². The van der Waals surface area contributed by atoms with E-state index < -0.39 is 0 Å². The van der Waals surface area contributed by atoms with Gasteiger partial charge in [-0.2, -0.15) is 0 Å². The zero-order chi connectivity index (χ0) is 18.2. The average Bonchev–Trinajstić information content (AvgIpc) is 2.53. The molecule has 0 aliphatic carbocycles. The zero-order valence-corrected chi connectivity index (χ0v) is 15.2. The van der Waals surface area contributed by atoms with Gasteiger partial charge in [0, 0.05) is 36.3 Å². The minimum Gasteiger partial charge on any atom is -0.494 e. The number of hydrogen-bond donors (Lipinski definition) is 1. The number of nitrogens with zero attached hydrogens (tertiary/aromatic N) is 1. The SMILES string of the molecule is CCOc1cc(Cl)cc(Oc2ccc(/C=C/[C@H](C)NC(C)=O)cn2)c1. The Labute approximate surface area is 152 Å². The van der Waals surface area contributed by atoms with Crippen molar-refractivity contribution in [2.75, 3.05) is 6.61 Å². The number of rotatable bonds is 7. The van der Waals surface area contributed by atoms with Crippen LogP contribution < -0.4 is 14.8 Å². The number of benzene rings is 1. The van der Waals surface area contributed by atoms with Crippen molar-refractivity contribution >= 4 is 23.6 Å². The highest BCUT2D eigenvalue weighted by Crippen LogP contribution is 2.29. The summed E-state index contributed by atoms with van der Waals surface area (Å²) in [4.78, 5) is 15.3. The Morgan fingerprint density at radius 3 is 2.72 bits per heavy atom. The third kappa shape index (κ3) is 6.47. The lowest BCUT2D eigenvalue weighted by molar-refractivity contribution is -0.119. The monoisotopic (exact) mass is 360 g/mol. The highest BCUT2D eigenvalue weighted by molar-refractivity contribution is 6.30. The molecule has 25 heavy (non-hydrogen) atoms. The number of aromatic nitrogens is 1. The van der Waals surface area contributed by atoms with Gasteiger partial charge in [-0.05, 0) is 37.6 Å². The average molecular weight is 361 g/mol. The molecular formula is C19H21ClN2O3. The number of carbonyl (C=O) groups excluding carboxylic acids is 1. The minimum atomic E-state index is -0.0630. The van der Waals surface area contributed by atoms with Crippen molar-refractivity contribution in [3.63, 3.8) is 0 Å². The summed E-state index contributed by atoms with van der Waals surface area (Å²) in [7, 11) is 0. The molecular weight excluding hydrogens is 340 g/mol. The van der Waals surface area contributed by atoms with Gasteiger partial charge in [0.1, 0.15) is 11.5 Å². The second kappa shape index (κ2) is 9.08. The van der Waals surface area contributed by atoms with E-state index in [2.05, 4.69) is 10.3 Å². The van der Waals surface area contributed by atoms with Gasteiger partial charge in [-0.3, -0.25) is 4.79 Å². The molecule has 0 fully saturated rings. The summed E-state index contributed by atoms with van der Waals surface area (Å²) < 4.78 is 11.2. The van der Waals surface area contributed by atoms with E-state index in [1.165, 1.54) is 6.92 Å². The molecule has 1 amide bonds. The van der Waals surface area contributed by atoms with E-state index in [9.17, 15) is 4.79 Å². The number of carbonyl (C=O) groups is 1. The van der Waals surface area contributed by atoms with Gasteiger partial charge >= 0.3 is 0 Å². The molecule has 1 N–H and O–H groups in total. The van der Waals surface area contributed by atoms with E-state index in [0.29, 0.717) is 29.0 Å². The summed E-state index contributed by atoms with van der Waals surface area (Å²) in [6.45, 7) is 5.85. The quantitative estimate of drug-likeness (QED) is 0.791. The summed E-state index contributed by atoms with van der Waals surface area (Å²) in [5.41, 5.74) is 0.908. The van der Waals surface area contributed by atoms with Gasteiger partial charge in [0.15, 0.2) is 0 Å². The third-order valence-corrected chi connectivity index (χ3v) is 3.36. The van der Waals surface area contributed by atoms with Crippen LogP contribution in [-0.4, -0.2) is 23.5 Å². The van der Waals surface area contributed by atoms with Crippen LogP contribution in [0.25, 0.3) is 6.08 Å². The van der Waals surface area contributed by atoms with E-state index in [4.69, 9.17) is 21.1 Å². The lowest BCUT2D eigenvalue weighted by atomic mass is 10.2. The fourth-order valence-electron chi connectivity index (χ4n) is 2.14. The maximum Gasteiger partial charge on any atom is 0.219 e. The third-order valence-electron chi connectivity index (χ3n) is 3.15. The van der Waals surface area contributed by atoms with Crippen LogP contribution in [0.15, 0.2) is 42.6 Å². The van der Waals surface area contributed by atoms with Crippen LogP contribution in [-0.2, 0) is 4.79 Å². The Balaban J connectivity index is 2.03. The van der Waals surface area contributed by atoms with Crippen molar-refractivity contribution in [3.8, 4) is 17.4 Å². The van der Waals surface area contributed by atoms with Crippen molar-refractivity contribution in [1.82, 2.24) is 10.3 Å². The normalized spacial score (nSPS) is 12.0. The number of nitrogens with one attached hydrogen (secondary N) is 1. The minimum absolute atomic E-state index is 0.0446. The molecule has 0 saturated heterocycles. The fourth-order valence-corrected chi connectivity index (χ4v) is 2.36. The summed E-state index contributed by atoms with van der Waals surface area (Å²) in [5, 5.41) is 3.32. The molecule has 0 aliphatic heterocycles. The van der Waals surface area contributed by atoms with Crippen LogP contribution in [0.3, 0.4) is 0 Å². The molecule has 132 valence electrons. The molecule has 0 radical (unpaired) electrons. The summed E-state index contributed by atoms with van der Waals surface area (Å²) >= 11 is 6.06. The van der Waals surface area contributed by atoms with Crippen LogP contribution >= 0.6 is 11.6 Å². The first-order chi connectivity index (χ1) is 12.0. The maximum absolute atomic E-state index is 11.0. The molecule has 0 spiro atoms. The van der Waals surface area contributed by atoms with Gasteiger partial charge in [0.05, 0.1) is 6.61 Å². The molecule has 1 aromatic carbocycles. The van der Waals surface area contributed by atoms with Gasteiger partial charge in [-0.1, -0.05) is 23.8 Å². The Kier molecular flexibility index (Phi) is 6.83. The molecule has 1 atom stereocenters. The Morgan fingerprint density at radius 2 is 2.08 bits per heavy atom.